The van der Waals surface area contributed by atoms with Gasteiger partial charge in [-0.25, -0.2) is 0 Å². The van der Waals surface area contributed by atoms with E-state index in [1.807, 2.05) is 0 Å². The minimum absolute atomic E-state index is 0.0242. The third-order valence-electron chi connectivity index (χ3n) is 3.72. The number of amides is 1. The Morgan fingerprint density at radius 2 is 2.22 bits per heavy atom. The molecule has 1 heterocycles. The van der Waals surface area contributed by atoms with Crippen LogP contribution >= 0.6 is 11.6 Å². The van der Waals surface area contributed by atoms with Gasteiger partial charge >= 0.3 is 5.97 Å². The van der Waals surface area contributed by atoms with Crippen molar-refractivity contribution in [2.75, 3.05) is 19.7 Å². The van der Waals surface area contributed by atoms with Crippen molar-refractivity contribution in [2.24, 2.45) is 5.92 Å². The first-order valence-corrected chi connectivity index (χ1v) is 7.71. The van der Waals surface area contributed by atoms with Crippen LogP contribution < -0.4 is 0 Å². The number of benzene rings is 1. The summed E-state index contributed by atoms with van der Waals surface area (Å²) in [5.74, 6) is -1.20. The van der Waals surface area contributed by atoms with Crippen LogP contribution in [0.25, 0.3) is 0 Å². The van der Waals surface area contributed by atoms with Crippen molar-refractivity contribution in [3.8, 4) is 0 Å². The topological polar surface area (TPSA) is 89.8 Å². The van der Waals surface area contributed by atoms with E-state index in [2.05, 4.69) is 0 Å². The zero-order valence-corrected chi connectivity index (χ0v) is 13.4. The van der Waals surface area contributed by atoms with Gasteiger partial charge in [0.05, 0.1) is 17.4 Å². The summed E-state index contributed by atoms with van der Waals surface area (Å²) in [7, 11) is 0. The van der Waals surface area contributed by atoms with Crippen LogP contribution in [0.3, 0.4) is 0 Å². The van der Waals surface area contributed by atoms with E-state index < -0.39 is 10.8 Å². The van der Waals surface area contributed by atoms with Gasteiger partial charge in [0.15, 0.2) is 0 Å². The molecule has 1 atom stereocenters. The smallest absolute Gasteiger partial charge is 0.310 e. The Bertz CT molecular complexity index is 634. The maximum atomic E-state index is 12.6. The molecule has 0 radical (unpaired) electrons. The summed E-state index contributed by atoms with van der Waals surface area (Å²) in [4.78, 5) is 36.4. The Kier molecular flexibility index (Phi) is 5.54. The van der Waals surface area contributed by atoms with Crippen LogP contribution in [0.4, 0.5) is 5.69 Å². The molecule has 0 spiro atoms. The highest BCUT2D eigenvalue weighted by molar-refractivity contribution is 6.31. The largest absolute Gasteiger partial charge is 0.466 e. The standard InChI is InChI=1S/C15H17ClN2O5/c1-2-23-15(20)10-4-3-7-17(9-10)14(19)12-6-5-11(16)8-13(12)18(21)22/h5-6,8,10H,2-4,7,9H2,1H3/t10-/m0/s1. The first-order chi connectivity index (χ1) is 10.9. The molecule has 8 heteroatoms. The molecule has 1 fully saturated rings. The number of nitro benzene ring substituents is 1. The molecule has 0 unspecified atom stereocenters. The second-order valence-electron chi connectivity index (χ2n) is 5.26. The lowest BCUT2D eigenvalue weighted by atomic mass is 9.97. The molecule has 1 aliphatic rings. The lowest BCUT2D eigenvalue weighted by molar-refractivity contribution is -0.385. The van der Waals surface area contributed by atoms with Crippen LogP contribution in [-0.2, 0) is 9.53 Å². The Balaban J connectivity index is 2.20. The van der Waals surface area contributed by atoms with Crippen LogP contribution in [0.2, 0.25) is 5.02 Å². The van der Waals surface area contributed by atoms with E-state index in [-0.39, 0.29) is 41.3 Å². The van der Waals surface area contributed by atoms with Crippen LogP contribution in [-0.4, -0.2) is 41.4 Å². The van der Waals surface area contributed by atoms with Crippen LogP contribution in [0.1, 0.15) is 30.1 Å². The first-order valence-electron chi connectivity index (χ1n) is 7.34. The van der Waals surface area contributed by atoms with Crippen molar-refractivity contribution in [3.05, 3.63) is 38.9 Å². The van der Waals surface area contributed by atoms with E-state index in [0.717, 1.165) is 6.07 Å². The van der Waals surface area contributed by atoms with Crippen LogP contribution in [0, 0.1) is 16.0 Å². The maximum absolute atomic E-state index is 12.6. The molecule has 0 bridgehead atoms. The zero-order chi connectivity index (χ0) is 17.0. The summed E-state index contributed by atoms with van der Waals surface area (Å²) < 4.78 is 4.99. The summed E-state index contributed by atoms with van der Waals surface area (Å²) in [6.07, 6.45) is 1.29. The number of nitro groups is 1. The molecule has 1 aliphatic heterocycles. The van der Waals surface area contributed by atoms with Gasteiger partial charge in [-0.3, -0.25) is 19.7 Å². The fourth-order valence-corrected chi connectivity index (χ4v) is 2.79. The number of hydrogen-bond donors (Lipinski definition) is 0. The van der Waals surface area contributed by atoms with Gasteiger partial charge in [-0.05, 0) is 31.9 Å². The average molecular weight is 341 g/mol. The quantitative estimate of drug-likeness (QED) is 0.477. The lowest BCUT2D eigenvalue weighted by Crippen LogP contribution is -2.43. The molecular weight excluding hydrogens is 324 g/mol. The fraction of sp³-hybridized carbons (Fsp3) is 0.467. The number of hydrogen-bond acceptors (Lipinski definition) is 5. The number of likely N-dealkylation sites (tertiary alicyclic amines) is 1. The van der Waals surface area contributed by atoms with Gasteiger partial charge in [-0.2, -0.15) is 0 Å². The lowest BCUT2D eigenvalue weighted by Gasteiger charge is -2.31. The molecule has 0 N–H and O–H groups in total. The molecular formula is C15H17ClN2O5. The molecule has 2 rings (SSSR count). The Labute approximate surface area is 138 Å². The fourth-order valence-electron chi connectivity index (χ4n) is 2.62. The summed E-state index contributed by atoms with van der Waals surface area (Å²) in [5.41, 5.74) is -0.357. The average Bonchev–Trinajstić information content (AvgIpc) is 2.54. The third-order valence-corrected chi connectivity index (χ3v) is 3.95. The Morgan fingerprint density at radius 3 is 2.87 bits per heavy atom. The van der Waals surface area contributed by atoms with Crippen molar-refractivity contribution >= 4 is 29.2 Å². The molecule has 0 aliphatic carbocycles. The number of halogens is 1. The molecule has 1 aromatic carbocycles. The molecule has 124 valence electrons. The van der Waals surface area contributed by atoms with E-state index >= 15 is 0 Å². The second kappa shape index (κ2) is 7.41. The zero-order valence-electron chi connectivity index (χ0n) is 12.7. The SMILES string of the molecule is CCOC(=O)[C@H]1CCCN(C(=O)c2ccc(Cl)cc2[N+](=O)[O-])C1. The first kappa shape index (κ1) is 17.2. The van der Waals surface area contributed by atoms with Crippen molar-refractivity contribution in [1.82, 2.24) is 4.90 Å². The Hall–Kier alpha value is -2.15. The van der Waals surface area contributed by atoms with Gasteiger partial charge in [0.2, 0.25) is 0 Å². The number of ether oxygens (including phenoxy) is 1. The third kappa shape index (κ3) is 3.98. The van der Waals surface area contributed by atoms with E-state index in [1.54, 1.807) is 6.92 Å². The second-order valence-corrected chi connectivity index (χ2v) is 5.70. The Morgan fingerprint density at radius 1 is 1.48 bits per heavy atom. The minimum Gasteiger partial charge on any atom is -0.466 e. The molecule has 0 saturated carbocycles. The van der Waals surface area contributed by atoms with E-state index in [4.69, 9.17) is 16.3 Å². The number of carbonyl (C=O) groups excluding carboxylic acids is 2. The highest BCUT2D eigenvalue weighted by atomic mass is 35.5. The van der Waals surface area contributed by atoms with Gasteiger partial charge in [0, 0.05) is 24.2 Å². The van der Waals surface area contributed by atoms with Gasteiger partial charge in [0.1, 0.15) is 5.56 Å². The van der Waals surface area contributed by atoms with Crippen molar-refractivity contribution in [1.29, 1.82) is 0 Å². The van der Waals surface area contributed by atoms with Gasteiger partial charge < -0.3 is 9.64 Å². The molecule has 23 heavy (non-hydrogen) atoms. The van der Waals surface area contributed by atoms with Crippen molar-refractivity contribution < 1.29 is 19.2 Å². The number of esters is 1. The van der Waals surface area contributed by atoms with Crippen molar-refractivity contribution in [3.63, 3.8) is 0 Å². The van der Waals surface area contributed by atoms with Gasteiger partial charge in [-0.1, -0.05) is 11.6 Å². The number of nitrogens with zero attached hydrogens (tertiary/aromatic N) is 2. The molecule has 0 aromatic heterocycles. The highest BCUT2D eigenvalue weighted by Crippen LogP contribution is 2.26. The van der Waals surface area contributed by atoms with E-state index in [0.29, 0.717) is 19.4 Å². The maximum Gasteiger partial charge on any atom is 0.310 e. The molecule has 1 saturated heterocycles. The van der Waals surface area contributed by atoms with Crippen LogP contribution in [0.15, 0.2) is 18.2 Å². The predicted octanol–water partition coefficient (Wildman–Crippen LogP) is 2.66. The molecule has 1 amide bonds. The monoisotopic (exact) mass is 340 g/mol. The highest BCUT2D eigenvalue weighted by Gasteiger charge is 2.32. The van der Waals surface area contributed by atoms with Crippen LogP contribution in [0.5, 0.6) is 0 Å². The number of rotatable bonds is 4. The predicted molar refractivity (Wildman–Crippen MR) is 83.4 cm³/mol. The summed E-state index contributed by atoms with van der Waals surface area (Å²) in [6, 6.07) is 3.94. The molecule has 7 nitrogen and oxygen atoms in total. The van der Waals surface area contributed by atoms with Gasteiger partial charge in [0.25, 0.3) is 11.6 Å². The normalized spacial score (nSPS) is 17.7. The minimum atomic E-state index is -0.633. The van der Waals surface area contributed by atoms with Crippen molar-refractivity contribution in [2.45, 2.75) is 19.8 Å². The molecule has 1 aromatic rings. The van der Waals surface area contributed by atoms with E-state index in [9.17, 15) is 19.7 Å². The summed E-state index contributed by atoms with van der Waals surface area (Å²) >= 11 is 5.76. The van der Waals surface area contributed by atoms with E-state index in [1.165, 1.54) is 17.0 Å². The number of piperidine rings is 1. The number of carbonyl (C=O) groups is 2. The van der Waals surface area contributed by atoms with Gasteiger partial charge in [-0.15, -0.1) is 0 Å². The summed E-state index contributed by atoms with van der Waals surface area (Å²) in [5, 5.41) is 11.3. The summed E-state index contributed by atoms with van der Waals surface area (Å²) in [6.45, 7) is 2.67.